The number of aliphatic hydroxyl groups is 1. The average molecular weight is 663 g/mol. The Labute approximate surface area is 262 Å². The van der Waals surface area contributed by atoms with Crippen molar-refractivity contribution in [1.82, 2.24) is 15.6 Å². The van der Waals surface area contributed by atoms with Crippen molar-refractivity contribution in [3.8, 4) is 0 Å². The number of nitrogens with zero attached hydrogens (tertiary/aromatic N) is 1. The lowest BCUT2D eigenvalue weighted by Gasteiger charge is -2.25. The van der Waals surface area contributed by atoms with Gasteiger partial charge in [0.2, 0.25) is 0 Å². The smallest absolute Gasteiger partial charge is 0.390 e. The number of hydrogen-bond donors (Lipinski definition) is 4. The van der Waals surface area contributed by atoms with Crippen molar-refractivity contribution in [3.63, 3.8) is 0 Å². The zero-order chi connectivity index (χ0) is 33.5. The number of hydrogen-bond acceptors (Lipinski definition) is 6. The van der Waals surface area contributed by atoms with Crippen LogP contribution in [0.5, 0.6) is 0 Å². The van der Waals surface area contributed by atoms with Crippen LogP contribution in [0.1, 0.15) is 39.5 Å². The van der Waals surface area contributed by atoms with Gasteiger partial charge in [-0.05, 0) is 72.0 Å². The Balaban J connectivity index is 1.43. The van der Waals surface area contributed by atoms with E-state index < -0.39 is 56.5 Å². The van der Waals surface area contributed by atoms with Crippen LogP contribution in [0.2, 0.25) is 0 Å². The number of alkyl halides is 3. The van der Waals surface area contributed by atoms with Crippen LogP contribution in [0.15, 0.2) is 90.1 Å². The fraction of sp³-hybridized carbons (Fsp3) is 0.250. The summed E-state index contributed by atoms with van der Waals surface area (Å²) < 4.78 is 93.7. The Morgan fingerprint density at radius 3 is 2.26 bits per heavy atom. The molecule has 2 atom stereocenters. The highest BCUT2D eigenvalue weighted by Gasteiger charge is 2.31. The van der Waals surface area contributed by atoms with Crippen molar-refractivity contribution in [2.45, 2.75) is 49.7 Å². The molecule has 0 aliphatic rings. The van der Waals surface area contributed by atoms with Crippen molar-refractivity contribution in [2.75, 3.05) is 11.3 Å². The normalized spacial score (nSPS) is 13.2. The van der Waals surface area contributed by atoms with Crippen LogP contribution in [0.3, 0.4) is 0 Å². The van der Waals surface area contributed by atoms with Gasteiger partial charge in [-0.15, -0.1) is 0 Å². The number of pyridine rings is 1. The number of aliphatic hydroxyl groups excluding tert-OH is 1. The van der Waals surface area contributed by atoms with E-state index in [0.717, 1.165) is 35.7 Å². The molecule has 0 fully saturated rings. The van der Waals surface area contributed by atoms with Crippen LogP contribution >= 0.6 is 0 Å². The van der Waals surface area contributed by atoms with Crippen LogP contribution in [-0.2, 0) is 35.6 Å². The molecule has 0 radical (unpaired) electrons. The van der Waals surface area contributed by atoms with Crippen molar-refractivity contribution >= 4 is 21.6 Å². The number of aromatic nitrogens is 1. The molecule has 3 aromatic carbocycles. The molecule has 1 heterocycles. The van der Waals surface area contributed by atoms with E-state index in [4.69, 9.17) is 0 Å². The number of anilines is 1. The van der Waals surface area contributed by atoms with Gasteiger partial charge in [-0.3, -0.25) is 9.52 Å². The van der Waals surface area contributed by atoms with Gasteiger partial charge >= 0.3 is 6.18 Å². The SMILES string of the molecule is CCc1cccc(CNC(Cc2cc(F)cc(F)c2)[C@H](O)CNC(=O)c2cccc(NS(=O)(=O)c3ccc(C(F)(F)F)cn3)c2)c1. The van der Waals surface area contributed by atoms with E-state index in [1.165, 1.54) is 24.3 Å². The second kappa shape index (κ2) is 14.8. The first kappa shape index (κ1) is 34.5. The van der Waals surface area contributed by atoms with Gasteiger partial charge in [0, 0.05) is 42.6 Å². The van der Waals surface area contributed by atoms with Crippen LogP contribution in [-0.4, -0.2) is 43.1 Å². The maximum absolute atomic E-state index is 13.9. The van der Waals surface area contributed by atoms with E-state index in [1.54, 1.807) is 0 Å². The largest absolute Gasteiger partial charge is 0.417 e. The second-order valence-electron chi connectivity index (χ2n) is 10.5. The van der Waals surface area contributed by atoms with E-state index in [9.17, 15) is 40.3 Å². The van der Waals surface area contributed by atoms with Gasteiger partial charge in [0.1, 0.15) is 11.6 Å². The molecule has 46 heavy (non-hydrogen) atoms. The molecule has 4 rings (SSSR count). The quantitative estimate of drug-likeness (QED) is 0.146. The molecular formula is C32H31F5N4O4S. The van der Waals surface area contributed by atoms with E-state index in [-0.39, 0.29) is 24.2 Å². The van der Waals surface area contributed by atoms with Crippen molar-refractivity contribution in [3.05, 3.63) is 125 Å². The first-order valence-electron chi connectivity index (χ1n) is 14.1. The summed E-state index contributed by atoms with van der Waals surface area (Å²) in [6.45, 7) is 2.08. The molecule has 0 saturated carbocycles. The van der Waals surface area contributed by atoms with Gasteiger partial charge in [0.15, 0.2) is 5.03 Å². The molecule has 0 aliphatic heterocycles. The summed E-state index contributed by atoms with van der Waals surface area (Å²) in [4.78, 5) is 16.3. The Hall–Kier alpha value is -4.40. The molecule has 0 bridgehead atoms. The fourth-order valence-electron chi connectivity index (χ4n) is 4.62. The van der Waals surface area contributed by atoms with E-state index in [0.29, 0.717) is 30.4 Å². The number of rotatable bonds is 13. The predicted molar refractivity (Wildman–Crippen MR) is 161 cm³/mol. The van der Waals surface area contributed by atoms with Crippen molar-refractivity contribution < 1.29 is 40.3 Å². The topological polar surface area (TPSA) is 120 Å². The first-order chi connectivity index (χ1) is 21.7. The predicted octanol–water partition coefficient (Wildman–Crippen LogP) is 5.23. The molecule has 1 amide bonds. The number of sulfonamides is 1. The standard InChI is InChI=1S/C32H31F5N4O4S/c1-2-20-5-3-6-21(11-20)17-38-28(14-22-12-25(33)16-26(34)13-22)29(42)19-40-31(43)23-7-4-8-27(15-23)41-46(44,45)30-10-9-24(18-39-30)32(35,36)37/h3-13,15-16,18,28-29,38,41-42H,2,14,17,19H2,1H3,(H,40,43)/t28?,29-/m1/s1. The number of nitrogens with one attached hydrogen (secondary N) is 3. The maximum Gasteiger partial charge on any atom is 0.417 e. The van der Waals surface area contributed by atoms with Gasteiger partial charge in [-0.25, -0.2) is 13.8 Å². The summed E-state index contributed by atoms with van der Waals surface area (Å²) in [5.74, 6) is -2.20. The molecule has 14 heteroatoms. The molecular weight excluding hydrogens is 631 g/mol. The van der Waals surface area contributed by atoms with Crippen LogP contribution in [0.25, 0.3) is 0 Å². The molecule has 0 saturated heterocycles. The van der Waals surface area contributed by atoms with E-state index in [1.807, 2.05) is 31.2 Å². The number of aryl methyl sites for hydroxylation is 1. The molecule has 0 spiro atoms. The molecule has 8 nitrogen and oxygen atoms in total. The van der Waals surface area contributed by atoms with Gasteiger partial charge in [-0.1, -0.05) is 37.3 Å². The first-order valence-corrected chi connectivity index (χ1v) is 15.6. The summed E-state index contributed by atoms with van der Waals surface area (Å²) in [7, 11) is -4.39. The van der Waals surface area contributed by atoms with Crippen LogP contribution in [0.4, 0.5) is 27.6 Å². The highest BCUT2D eigenvalue weighted by Crippen LogP contribution is 2.29. The Morgan fingerprint density at radius 2 is 1.61 bits per heavy atom. The maximum atomic E-state index is 13.9. The second-order valence-corrected chi connectivity index (χ2v) is 12.1. The number of carbonyl (C=O) groups is 1. The minimum Gasteiger partial charge on any atom is -0.390 e. The highest BCUT2D eigenvalue weighted by molar-refractivity contribution is 7.92. The minimum absolute atomic E-state index is 0.0147. The Kier molecular flexibility index (Phi) is 11.1. The molecule has 244 valence electrons. The Bertz CT molecular complexity index is 1750. The lowest BCUT2D eigenvalue weighted by molar-refractivity contribution is -0.137. The molecule has 0 aliphatic carbocycles. The lowest BCUT2D eigenvalue weighted by atomic mass is 10.00. The van der Waals surface area contributed by atoms with E-state index in [2.05, 4.69) is 20.3 Å². The van der Waals surface area contributed by atoms with Gasteiger partial charge in [0.05, 0.1) is 11.7 Å². The molecule has 4 aromatic rings. The van der Waals surface area contributed by atoms with Crippen molar-refractivity contribution in [1.29, 1.82) is 0 Å². The van der Waals surface area contributed by atoms with Crippen molar-refractivity contribution in [2.24, 2.45) is 0 Å². The van der Waals surface area contributed by atoms with E-state index >= 15 is 0 Å². The van der Waals surface area contributed by atoms with Crippen LogP contribution < -0.4 is 15.4 Å². The van der Waals surface area contributed by atoms with Crippen LogP contribution in [0, 0.1) is 11.6 Å². The highest BCUT2D eigenvalue weighted by atomic mass is 32.2. The average Bonchev–Trinajstić information content (AvgIpc) is 3.01. The number of halogens is 5. The Morgan fingerprint density at radius 1 is 0.913 bits per heavy atom. The summed E-state index contributed by atoms with van der Waals surface area (Å²) in [6, 6.07) is 16.7. The van der Waals surface area contributed by atoms with Gasteiger partial charge in [0.25, 0.3) is 15.9 Å². The molecule has 1 unspecified atom stereocenters. The molecule has 4 N–H and O–H groups in total. The number of amides is 1. The lowest BCUT2D eigenvalue weighted by Crippen LogP contribution is -2.47. The third-order valence-electron chi connectivity index (χ3n) is 7.00. The van der Waals surface area contributed by atoms with Gasteiger partial charge < -0.3 is 15.7 Å². The third-order valence-corrected chi connectivity index (χ3v) is 8.29. The number of benzene rings is 3. The summed E-state index contributed by atoms with van der Waals surface area (Å²) in [5, 5.41) is 16.2. The fourth-order valence-corrected chi connectivity index (χ4v) is 5.60. The zero-order valence-electron chi connectivity index (χ0n) is 24.5. The zero-order valence-corrected chi connectivity index (χ0v) is 25.3. The monoisotopic (exact) mass is 662 g/mol. The summed E-state index contributed by atoms with van der Waals surface area (Å²) >= 11 is 0. The number of carbonyl (C=O) groups excluding carboxylic acids is 1. The van der Waals surface area contributed by atoms with Gasteiger partial charge in [-0.2, -0.15) is 21.6 Å². The summed E-state index contributed by atoms with van der Waals surface area (Å²) in [5.41, 5.74) is 1.18. The third kappa shape index (κ3) is 9.55. The summed E-state index contributed by atoms with van der Waals surface area (Å²) in [6.07, 6.45) is -4.64. The molecule has 1 aromatic heterocycles. The minimum atomic E-state index is -4.69.